The average molecular weight is 248 g/mol. The van der Waals surface area contributed by atoms with Gasteiger partial charge in [0.2, 0.25) is 0 Å². The Morgan fingerprint density at radius 2 is 1.17 bits per heavy atom. The summed E-state index contributed by atoms with van der Waals surface area (Å²) in [5.41, 5.74) is 0. The van der Waals surface area contributed by atoms with Crippen LogP contribution in [0.5, 0.6) is 0 Å². The molecular formula is C16H24O2. The van der Waals surface area contributed by atoms with E-state index >= 15 is 0 Å². The largest absolute Gasteiger partial charge is 0.299 e. The molecule has 18 heavy (non-hydrogen) atoms. The molecule has 0 heterocycles. The van der Waals surface area contributed by atoms with Gasteiger partial charge in [0.05, 0.1) is 0 Å². The number of carbonyl (C=O) groups excluding carboxylic acids is 2. The number of ketones is 2. The van der Waals surface area contributed by atoms with E-state index in [9.17, 15) is 9.59 Å². The topological polar surface area (TPSA) is 34.1 Å². The van der Waals surface area contributed by atoms with Gasteiger partial charge in [-0.2, -0.15) is 0 Å². The predicted molar refractivity (Wildman–Crippen MR) is 72.0 cm³/mol. The molecule has 2 bridgehead atoms. The van der Waals surface area contributed by atoms with Gasteiger partial charge in [-0.15, -0.1) is 0 Å². The molecule has 4 atom stereocenters. The van der Waals surface area contributed by atoms with E-state index in [2.05, 4.69) is 12.2 Å². The highest BCUT2D eigenvalue weighted by atomic mass is 16.1. The highest BCUT2D eigenvalue weighted by molar-refractivity contribution is 5.92. The van der Waals surface area contributed by atoms with Crippen LogP contribution in [-0.2, 0) is 9.59 Å². The zero-order valence-corrected chi connectivity index (χ0v) is 11.8. The molecule has 0 radical (unpaired) electrons. The number of carbonyl (C=O) groups is 2. The van der Waals surface area contributed by atoms with E-state index in [4.69, 9.17) is 0 Å². The maximum Gasteiger partial charge on any atom is 0.139 e. The molecule has 3 rings (SSSR count). The van der Waals surface area contributed by atoms with Crippen molar-refractivity contribution in [1.29, 1.82) is 0 Å². The van der Waals surface area contributed by atoms with Gasteiger partial charge in [0, 0.05) is 23.7 Å². The average Bonchev–Trinajstić information content (AvgIpc) is 2.37. The highest BCUT2D eigenvalue weighted by Gasteiger charge is 2.48. The lowest BCUT2D eigenvalue weighted by Crippen LogP contribution is -2.47. The van der Waals surface area contributed by atoms with Gasteiger partial charge in [-0.3, -0.25) is 9.59 Å². The van der Waals surface area contributed by atoms with Crippen LogP contribution < -0.4 is 0 Å². The molecule has 0 amide bonds. The minimum atomic E-state index is -0.0522. The van der Waals surface area contributed by atoms with Gasteiger partial charge in [0.15, 0.2) is 0 Å². The SMILES string of the molecule is CC(C)C(=O)[C@H]1C2C=CC(CC2)[C@@H]1C(=O)C(C)C. The molecule has 3 aliphatic carbocycles. The second kappa shape index (κ2) is 4.99. The fourth-order valence-corrected chi connectivity index (χ4v) is 3.54. The van der Waals surface area contributed by atoms with E-state index < -0.39 is 0 Å². The third kappa shape index (κ3) is 2.17. The molecule has 1 fully saturated rings. The summed E-state index contributed by atoms with van der Waals surface area (Å²) in [6.07, 6.45) is 6.52. The first-order chi connectivity index (χ1) is 8.43. The molecule has 0 aromatic rings. The van der Waals surface area contributed by atoms with Crippen LogP contribution in [0, 0.1) is 35.5 Å². The molecule has 2 heteroatoms. The molecule has 0 aliphatic heterocycles. The molecule has 3 aliphatic rings. The lowest BCUT2D eigenvalue weighted by Gasteiger charge is -2.44. The summed E-state index contributed by atoms with van der Waals surface area (Å²) in [6.45, 7) is 7.80. The van der Waals surface area contributed by atoms with E-state index in [-0.39, 0.29) is 35.2 Å². The van der Waals surface area contributed by atoms with Crippen molar-refractivity contribution in [2.24, 2.45) is 35.5 Å². The third-order valence-corrected chi connectivity index (χ3v) is 4.54. The summed E-state index contributed by atoms with van der Waals surface area (Å²) in [6, 6.07) is 0. The van der Waals surface area contributed by atoms with E-state index in [0.717, 1.165) is 12.8 Å². The second-order valence-electron chi connectivity index (χ2n) is 6.46. The van der Waals surface area contributed by atoms with Gasteiger partial charge in [-0.25, -0.2) is 0 Å². The van der Waals surface area contributed by atoms with Crippen LogP contribution in [-0.4, -0.2) is 11.6 Å². The van der Waals surface area contributed by atoms with Crippen molar-refractivity contribution in [3.05, 3.63) is 12.2 Å². The quantitative estimate of drug-likeness (QED) is 0.716. The fraction of sp³-hybridized carbons (Fsp3) is 0.750. The second-order valence-corrected chi connectivity index (χ2v) is 6.46. The standard InChI is InChI=1S/C16H24O2/c1-9(2)15(17)13-11-5-7-12(8-6-11)14(13)16(18)10(3)4/h5,7,9-14H,6,8H2,1-4H3/t11?,12?,13-,14-/m0/s1. The first kappa shape index (κ1) is 13.5. The molecule has 2 nitrogen and oxygen atoms in total. The molecule has 100 valence electrons. The summed E-state index contributed by atoms with van der Waals surface area (Å²) < 4.78 is 0. The van der Waals surface area contributed by atoms with Gasteiger partial charge in [-0.05, 0) is 24.7 Å². The number of rotatable bonds is 4. The predicted octanol–water partition coefficient (Wildman–Crippen LogP) is 3.27. The minimum absolute atomic E-state index is 0.0326. The summed E-state index contributed by atoms with van der Waals surface area (Å²) in [7, 11) is 0. The van der Waals surface area contributed by atoms with E-state index in [1.54, 1.807) is 0 Å². The Hall–Kier alpha value is -0.920. The first-order valence-electron chi connectivity index (χ1n) is 7.19. The number of allylic oxidation sites excluding steroid dienone is 2. The van der Waals surface area contributed by atoms with Crippen LogP contribution in [0.4, 0.5) is 0 Å². The highest BCUT2D eigenvalue weighted by Crippen LogP contribution is 2.47. The van der Waals surface area contributed by atoms with Crippen molar-refractivity contribution >= 4 is 11.6 Å². The Kier molecular flexibility index (Phi) is 3.74. The van der Waals surface area contributed by atoms with Crippen LogP contribution >= 0.6 is 0 Å². The Bertz CT molecular complexity index is 343. The fourth-order valence-electron chi connectivity index (χ4n) is 3.54. The molecular weight excluding hydrogens is 224 g/mol. The Morgan fingerprint density at radius 3 is 1.39 bits per heavy atom. The van der Waals surface area contributed by atoms with Gasteiger partial charge in [0.1, 0.15) is 11.6 Å². The number of hydrogen-bond acceptors (Lipinski definition) is 2. The smallest absolute Gasteiger partial charge is 0.139 e. The molecule has 0 spiro atoms. The maximum absolute atomic E-state index is 12.4. The Morgan fingerprint density at radius 1 is 0.833 bits per heavy atom. The summed E-state index contributed by atoms with van der Waals surface area (Å²) in [4.78, 5) is 24.9. The first-order valence-corrected chi connectivity index (χ1v) is 7.19. The van der Waals surface area contributed by atoms with Gasteiger partial charge in [0.25, 0.3) is 0 Å². The van der Waals surface area contributed by atoms with Crippen molar-refractivity contribution in [2.75, 3.05) is 0 Å². The number of fused-ring (bicyclic) bond motifs is 2. The number of hydrogen-bond donors (Lipinski definition) is 0. The molecule has 0 aromatic carbocycles. The van der Waals surface area contributed by atoms with Gasteiger partial charge >= 0.3 is 0 Å². The molecule has 2 unspecified atom stereocenters. The summed E-state index contributed by atoms with van der Waals surface area (Å²) >= 11 is 0. The molecule has 0 N–H and O–H groups in total. The molecule has 0 aromatic heterocycles. The monoisotopic (exact) mass is 248 g/mol. The van der Waals surface area contributed by atoms with Crippen molar-refractivity contribution in [1.82, 2.24) is 0 Å². The summed E-state index contributed by atoms with van der Waals surface area (Å²) in [5.74, 6) is 1.14. The lowest BCUT2D eigenvalue weighted by molar-refractivity contribution is -0.141. The van der Waals surface area contributed by atoms with E-state index in [0.29, 0.717) is 11.8 Å². The Labute approximate surface area is 110 Å². The van der Waals surface area contributed by atoms with Crippen LogP contribution in [0.25, 0.3) is 0 Å². The van der Waals surface area contributed by atoms with Gasteiger partial charge in [-0.1, -0.05) is 39.8 Å². The zero-order chi connectivity index (χ0) is 13.4. The van der Waals surface area contributed by atoms with Crippen molar-refractivity contribution in [3.8, 4) is 0 Å². The van der Waals surface area contributed by atoms with Crippen LogP contribution in [0.3, 0.4) is 0 Å². The third-order valence-electron chi connectivity index (χ3n) is 4.54. The van der Waals surface area contributed by atoms with E-state index in [1.807, 2.05) is 27.7 Å². The summed E-state index contributed by atoms with van der Waals surface area (Å²) in [5, 5.41) is 0. The zero-order valence-electron chi connectivity index (χ0n) is 11.8. The Balaban J connectivity index is 2.32. The van der Waals surface area contributed by atoms with Crippen LogP contribution in [0.2, 0.25) is 0 Å². The van der Waals surface area contributed by atoms with Crippen molar-refractivity contribution in [3.63, 3.8) is 0 Å². The molecule has 0 saturated heterocycles. The number of Topliss-reactive ketones (excluding diaryl/α,β-unsaturated/α-hetero) is 2. The van der Waals surface area contributed by atoms with Crippen molar-refractivity contribution < 1.29 is 9.59 Å². The van der Waals surface area contributed by atoms with E-state index in [1.165, 1.54) is 0 Å². The minimum Gasteiger partial charge on any atom is -0.299 e. The van der Waals surface area contributed by atoms with Crippen molar-refractivity contribution in [2.45, 2.75) is 40.5 Å². The normalized spacial score (nSPS) is 34.3. The van der Waals surface area contributed by atoms with Gasteiger partial charge < -0.3 is 0 Å². The van der Waals surface area contributed by atoms with Crippen LogP contribution in [0.1, 0.15) is 40.5 Å². The molecule has 1 saturated carbocycles. The lowest BCUT2D eigenvalue weighted by atomic mass is 9.58. The van der Waals surface area contributed by atoms with Crippen LogP contribution in [0.15, 0.2) is 12.2 Å². The maximum atomic E-state index is 12.4.